The van der Waals surface area contributed by atoms with Gasteiger partial charge in [0.05, 0.1) is 4.90 Å². The van der Waals surface area contributed by atoms with E-state index in [0.29, 0.717) is 5.69 Å². The van der Waals surface area contributed by atoms with Crippen LogP contribution in [0.3, 0.4) is 0 Å². The van der Waals surface area contributed by atoms with Gasteiger partial charge in [-0.05, 0) is 41.3 Å². The van der Waals surface area contributed by atoms with E-state index in [-0.39, 0.29) is 28.3 Å². The van der Waals surface area contributed by atoms with Crippen molar-refractivity contribution < 1.29 is 13.2 Å². The fraction of sp³-hybridized carbons (Fsp3) is 0.250. The summed E-state index contributed by atoms with van der Waals surface area (Å²) in [6.07, 6.45) is 1.45. The number of hydrogen-bond donors (Lipinski definition) is 2. The van der Waals surface area contributed by atoms with E-state index in [4.69, 9.17) is 0 Å². The molecule has 0 heterocycles. The number of hydrogen-bond acceptors (Lipinski definition) is 3. The summed E-state index contributed by atoms with van der Waals surface area (Å²) in [5, 5.41) is 2.79. The van der Waals surface area contributed by atoms with Gasteiger partial charge in [-0.3, -0.25) is 4.79 Å². The van der Waals surface area contributed by atoms with E-state index in [2.05, 4.69) is 37.4 Å². The fourth-order valence-electron chi connectivity index (χ4n) is 2.31. The summed E-state index contributed by atoms with van der Waals surface area (Å²) in [5.74, 6) is -0.366. The Hall–Kier alpha value is -2.44. The van der Waals surface area contributed by atoms with Gasteiger partial charge in [0.25, 0.3) is 5.91 Å². The van der Waals surface area contributed by atoms with Crippen LogP contribution in [-0.4, -0.2) is 20.9 Å². The molecule has 0 aliphatic carbocycles. The van der Waals surface area contributed by atoms with Crippen molar-refractivity contribution in [3.05, 3.63) is 72.3 Å². The molecule has 5 nitrogen and oxygen atoms in total. The van der Waals surface area contributed by atoms with Gasteiger partial charge in [0.2, 0.25) is 10.0 Å². The largest absolute Gasteiger partial charge is 0.322 e. The predicted molar refractivity (Wildman–Crippen MR) is 105 cm³/mol. The highest BCUT2D eigenvalue weighted by molar-refractivity contribution is 7.89. The Morgan fingerprint density at radius 1 is 1.12 bits per heavy atom. The van der Waals surface area contributed by atoms with Gasteiger partial charge in [-0.1, -0.05) is 45.0 Å². The Balaban J connectivity index is 2.18. The van der Waals surface area contributed by atoms with Crippen molar-refractivity contribution in [1.82, 2.24) is 4.72 Å². The van der Waals surface area contributed by atoms with Crippen LogP contribution in [0.2, 0.25) is 0 Å². The SMILES string of the molecule is C=CCNS(=O)(=O)c1cccc(C(=O)Nc2ccc(C(C)(C)C)cc2)c1. The van der Waals surface area contributed by atoms with Crippen LogP contribution in [0.15, 0.2) is 66.1 Å². The summed E-state index contributed by atoms with van der Waals surface area (Å²) >= 11 is 0. The molecule has 138 valence electrons. The number of carbonyl (C=O) groups is 1. The minimum Gasteiger partial charge on any atom is -0.322 e. The average Bonchev–Trinajstić information content (AvgIpc) is 2.60. The third kappa shape index (κ3) is 5.03. The summed E-state index contributed by atoms with van der Waals surface area (Å²) in [6.45, 7) is 9.96. The summed E-state index contributed by atoms with van der Waals surface area (Å²) in [5.41, 5.74) is 2.12. The number of benzene rings is 2. The van der Waals surface area contributed by atoms with Gasteiger partial charge >= 0.3 is 0 Å². The molecule has 0 radical (unpaired) electrons. The van der Waals surface area contributed by atoms with E-state index in [0.717, 1.165) is 5.56 Å². The number of nitrogens with one attached hydrogen (secondary N) is 2. The highest BCUT2D eigenvalue weighted by Gasteiger charge is 2.16. The molecule has 0 bridgehead atoms. The van der Waals surface area contributed by atoms with Crippen LogP contribution < -0.4 is 10.0 Å². The van der Waals surface area contributed by atoms with E-state index in [1.54, 1.807) is 12.1 Å². The first kappa shape index (κ1) is 19.9. The highest BCUT2D eigenvalue weighted by Crippen LogP contribution is 2.23. The van der Waals surface area contributed by atoms with E-state index in [1.807, 2.05) is 24.3 Å². The average molecular weight is 372 g/mol. The molecule has 0 saturated carbocycles. The Morgan fingerprint density at radius 3 is 2.35 bits per heavy atom. The lowest BCUT2D eigenvalue weighted by atomic mass is 9.87. The second-order valence-corrected chi connectivity index (χ2v) is 8.72. The minimum absolute atomic E-state index is 0.0314. The third-order valence-electron chi connectivity index (χ3n) is 3.83. The first-order valence-electron chi connectivity index (χ1n) is 8.26. The normalized spacial score (nSPS) is 11.8. The molecule has 0 aromatic heterocycles. The fourth-order valence-corrected chi connectivity index (χ4v) is 3.36. The van der Waals surface area contributed by atoms with Crippen LogP contribution in [0.4, 0.5) is 5.69 Å². The van der Waals surface area contributed by atoms with Crippen LogP contribution in [0.5, 0.6) is 0 Å². The van der Waals surface area contributed by atoms with Gasteiger partial charge < -0.3 is 5.32 Å². The number of rotatable bonds is 6. The molecule has 6 heteroatoms. The molecule has 0 spiro atoms. The zero-order valence-corrected chi connectivity index (χ0v) is 16.1. The predicted octanol–water partition coefficient (Wildman–Crippen LogP) is 3.70. The Labute approximate surface area is 155 Å². The molecule has 0 aliphatic rings. The molecule has 0 atom stereocenters. The maximum Gasteiger partial charge on any atom is 0.255 e. The maximum absolute atomic E-state index is 12.4. The lowest BCUT2D eigenvalue weighted by Gasteiger charge is -2.19. The standard InChI is InChI=1S/C20H24N2O3S/c1-5-13-21-26(24,25)18-8-6-7-15(14-18)19(23)22-17-11-9-16(10-12-17)20(2,3)4/h5-12,14,21H,1,13H2,2-4H3,(H,22,23). The molecule has 26 heavy (non-hydrogen) atoms. The van der Waals surface area contributed by atoms with Gasteiger partial charge in [0.1, 0.15) is 0 Å². The van der Waals surface area contributed by atoms with Crippen molar-refractivity contribution >= 4 is 21.6 Å². The summed E-state index contributed by atoms with van der Waals surface area (Å²) in [6, 6.07) is 13.5. The molecule has 2 aromatic rings. The van der Waals surface area contributed by atoms with Crippen molar-refractivity contribution in [2.24, 2.45) is 0 Å². The van der Waals surface area contributed by atoms with Crippen LogP contribution in [0.1, 0.15) is 36.7 Å². The van der Waals surface area contributed by atoms with Crippen LogP contribution in [0, 0.1) is 0 Å². The molecule has 2 rings (SSSR count). The van der Waals surface area contributed by atoms with Gasteiger partial charge in [-0.2, -0.15) is 0 Å². The molecule has 1 amide bonds. The van der Waals surface area contributed by atoms with E-state index in [9.17, 15) is 13.2 Å². The van der Waals surface area contributed by atoms with Crippen LogP contribution in [0.25, 0.3) is 0 Å². The second-order valence-electron chi connectivity index (χ2n) is 6.95. The molecule has 2 aromatic carbocycles. The Kier molecular flexibility index (Phi) is 6.00. The Morgan fingerprint density at radius 2 is 1.77 bits per heavy atom. The zero-order chi connectivity index (χ0) is 19.4. The van der Waals surface area contributed by atoms with Gasteiger partial charge in [-0.25, -0.2) is 13.1 Å². The van der Waals surface area contributed by atoms with Gasteiger partial charge in [0.15, 0.2) is 0 Å². The number of anilines is 1. The molecule has 0 unspecified atom stereocenters. The topological polar surface area (TPSA) is 75.3 Å². The van der Waals surface area contributed by atoms with E-state index >= 15 is 0 Å². The summed E-state index contributed by atoms with van der Waals surface area (Å²) < 4.78 is 26.7. The zero-order valence-electron chi connectivity index (χ0n) is 15.2. The van der Waals surface area contributed by atoms with Crippen LogP contribution in [-0.2, 0) is 15.4 Å². The molecule has 0 aliphatic heterocycles. The summed E-state index contributed by atoms with van der Waals surface area (Å²) in [4.78, 5) is 12.5. The van der Waals surface area contributed by atoms with Crippen molar-refractivity contribution in [2.45, 2.75) is 31.1 Å². The van der Waals surface area contributed by atoms with Crippen LogP contribution >= 0.6 is 0 Å². The molecule has 2 N–H and O–H groups in total. The van der Waals surface area contributed by atoms with Crippen molar-refractivity contribution in [1.29, 1.82) is 0 Å². The maximum atomic E-state index is 12.4. The van der Waals surface area contributed by atoms with Crippen molar-refractivity contribution in [2.75, 3.05) is 11.9 Å². The third-order valence-corrected chi connectivity index (χ3v) is 5.25. The Bertz CT molecular complexity index is 895. The monoisotopic (exact) mass is 372 g/mol. The number of amides is 1. The smallest absolute Gasteiger partial charge is 0.255 e. The van der Waals surface area contributed by atoms with Gasteiger partial charge in [-0.15, -0.1) is 6.58 Å². The minimum atomic E-state index is -3.67. The molecule has 0 saturated heterocycles. The highest BCUT2D eigenvalue weighted by atomic mass is 32.2. The first-order chi connectivity index (χ1) is 12.1. The van der Waals surface area contributed by atoms with E-state index < -0.39 is 10.0 Å². The lowest BCUT2D eigenvalue weighted by Crippen LogP contribution is -2.24. The van der Waals surface area contributed by atoms with E-state index in [1.165, 1.54) is 18.2 Å². The van der Waals surface area contributed by atoms with Gasteiger partial charge in [0, 0.05) is 17.8 Å². The van der Waals surface area contributed by atoms with Crippen molar-refractivity contribution in [3.8, 4) is 0 Å². The number of carbonyl (C=O) groups excluding carboxylic acids is 1. The first-order valence-corrected chi connectivity index (χ1v) is 9.74. The molecular formula is C20H24N2O3S. The van der Waals surface area contributed by atoms with Crippen molar-refractivity contribution in [3.63, 3.8) is 0 Å². The molecular weight excluding hydrogens is 348 g/mol. The summed E-state index contributed by atoms with van der Waals surface area (Å²) in [7, 11) is -3.67. The quantitative estimate of drug-likeness (QED) is 0.759. The second kappa shape index (κ2) is 7.85. The lowest BCUT2D eigenvalue weighted by molar-refractivity contribution is 0.102. The molecule has 0 fully saturated rings. The number of sulfonamides is 1.